The van der Waals surface area contributed by atoms with Gasteiger partial charge < -0.3 is 29.2 Å². The predicted octanol–water partition coefficient (Wildman–Crippen LogP) is 0.871. The number of hydrogen-bond donors (Lipinski definition) is 2. The van der Waals surface area contributed by atoms with Gasteiger partial charge in [-0.3, -0.25) is 14.4 Å². The molecular weight excluding hydrogens is 396 g/mol. The van der Waals surface area contributed by atoms with E-state index in [1.165, 1.54) is 20.8 Å². The Morgan fingerprint density at radius 1 is 0.933 bits per heavy atom. The molecule has 2 N–H and O–H groups in total. The van der Waals surface area contributed by atoms with E-state index in [0.717, 1.165) is 0 Å². The first-order valence-corrected chi connectivity index (χ1v) is 10.2. The quantitative estimate of drug-likeness (QED) is 0.497. The van der Waals surface area contributed by atoms with Gasteiger partial charge in [-0.05, 0) is 33.6 Å². The lowest BCUT2D eigenvalue weighted by Gasteiger charge is -2.64. The second-order valence-electron chi connectivity index (χ2n) is 9.71. The maximum Gasteiger partial charge on any atom is 0.303 e. The fourth-order valence-corrected chi connectivity index (χ4v) is 6.27. The van der Waals surface area contributed by atoms with Gasteiger partial charge in [-0.2, -0.15) is 0 Å². The summed E-state index contributed by atoms with van der Waals surface area (Å²) < 4.78 is 23.3. The smallest absolute Gasteiger partial charge is 0.303 e. The van der Waals surface area contributed by atoms with Gasteiger partial charge in [0.15, 0.2) is 0 Å². The Morgan fingerprint density at radius 3 is 1.97 bits per heavy atom. The van der Waals surface area contributed by atoms with E-state index in [-0.39, 0.29) is 12.8 Å². The number of hydrogen-bond acceptors (Lipinski definition) is 9. The number of rotatable bonds is 3. The zero-order chi connectivity index (χ0) is 22.9. The molecule has 1 saturated heterocycles. The topological polar surface area (TPSA) is 129 Å². The van der Waals surface area contributed by atoms with E-state index in [1.54, 1.807) is 27.7 Å². The van der Waals surface area contributed by atoms with Crippen LogP contribution in [0.25, 0.3) is 0 Å². The third-order valence-corrected chi connectivity index (χ3v) is 7.30. The largest absolute Gasteiger partial charge is 0.462 e. The SMILES string of the molecule is CC(=O)O[C@H]1[C@@H]2[C@@H](OC(C)=O)[C@@]3(OC2(C)C)[C@@](C)([C@@H](OC(C)=O)CC[C@]3(C)O)[C@H]1O. The normalized spacial score (nSPS) is 46.5. The van der Waals surface area contributed by atoms with Gasteiger partial charge in [-0.25, -0.2) is 0 Å². The summed E-state index contributed by atoms with van der Waals surface area (Å²) in [6.07, 6.45) is -3.93. The average molecular weight is 428 g/mol. The Labute approximate surface area is 176 Å². The molecule has 1 heterocycles. The molecule has 0 radical (unpaired) electrons. The third-order valence-electron chi connectivity index (χ3n) is 7.30. The van der Waals surface area contributed by atoms with Gasteiger partial charge in [0.1, 0.15) is 30.0 Å². The second kappa shape index (κ2) is 6.90. The Bertz CT molecular complexity index is 760. The van der Waals surface area contributed by atoms with Crippen LogP contribution in [0.1, 0.15) is 61.3 Å². The van der Waals surface area contributed by atoms with Gasteiger partial charge in [0.05, 0.1) is 22.5 Å². The Balaban J connectivity index is 2.31. The molecule has 1 aliphatic heterocycles. The maximum atomic E-state index is 12.1. The molecule has 2 bridgehead atoms. The summed E-state index contributed by atoms with van der Waals surface area (Å²) in [5.41, 5.74) is -5.62. The number of ether oxygens (including phenoxy) is 4. The molecule has 9 heteroatoms. The second-order valence-corrected chi connectivity index (χ2v) is 9.71. The predicted molar refractivity (Wildman–Crippen MR) is 102 cm³/mol. The monoisotopic (exact) mass is 428 g/mol. The maximum absolute atomic E-state index is 12.1. The van der Waals surface area contributed by atoms with Crippen LogP contribution in [0.2, 0.25) is 0 Å². The highest BCUT2D eigenvalue weighted by Crippen LogP contribution is 2.68. The van der Waals surface area contributed by atoms with Crippen molar-refractivity contribution in [2.24, 2.45) is 11.3 Å². The van der Waals surface area contributed by atoms with E-state index in [9.17, 15) is 24.6 Å². The van der Waals surface area contributed by atoms with E-state index in [0.29, 0.717) is 0 Å². The van der Waals surface area contributed by atoms with Gasteiger partial charge >= 0.3 is 17.9 Å². The minimum Gasteiger partial charge on any atom is -0.462 e. The molecule has 0 aromatic rings. The van der Waals surface area contributed by atoms with Crippen molar-refractivity contribution in [3.8, 4) is 0 Å². The molecule has 3 rings (SSSR count). The number of carbonyl (C=O) groups is 3. The van der Waals surface area contributed by atoms with Crippen LogP contribution in [0.5, 0.6) is 0 Å². The summed E-state index contributed by atoms with van der Waals surface area (Å²) in [6.45, 7) is 10.4. The van der Waals surface area contributed by atoms with Crippen molar-refractivity contribution in [1.29, 1.82) is 0 Å². The van der Waals surface area contributed by atoms with Crippen molar-refractivity contribution in [1.82, 2.24) is 0 Å². The number of fused-ring (bicyclic) bond motifs is 1. The number of carbonyl (C=O) groups excluding carboxylic acids is 3. The lowest BCUT2D eigenvalue weighted by atomic mass is 9.47. The van der Waals surface area contributed by atoms with Crippen molar-refractivity contribution in [2.75, 3.05) is 0 Å². The van der Waals surface area contributed by atoms with Crippen molar-refractivity contribution in [3.63, 3.8) is 0 Å². The third kappa shape index (κ3) is 2.89. The molecule has 0 aromatic heterocycles. The van der Waals surface area contributed by atoms with E-state index < -0.39 is 70.5 Å². The highest BCUT2D eigenvalue weighted by atomic mass is 16.6. The Kier molecular flexibility index (Phi) is 5.28. The molecule has 0 unspecified atom stereocenters. The lowest BCUT2D eigenvalue weighted by Crippen LogP contribution is -2.81. The molecule has 2 saturated carbocycles. The van der Waals surface area contributed by atoms with Crippen LogP contribution >= 0.6 is 0 Å². The lowest BCUT2D eigenvalue weighted by molar-refractivity contribution is -0.337. The van der Waals surface area contributed by atoms with E-state index in [2.05, 4.69) is 0 Å². The Hall–Kier alpha value is -1.71. The van der Waals surface area contributed by atoms with Crippen LogP contribution in [-0.4, -0.2) is 69.3 Å². The standard InChI is InChI=1S/C21H32O9/c1-10(22)27-13-8-9-19(6,26)21-17(29-12(3)24)14(18(4,5)30-21)15(28-11(2)23)16(25)20(13,21)7/h13-17,25-26H,8-9H2,1-7H3/t13-,14+,15-,16-,17+,19-,20-,21-/m0/s1. The molecular formula is C21H32O9. The summed E-state index contributed by atoms with van der Waals surface area (Å²) in [5, 5.41) is 23.1. The molecule has 1 spiro atoms. The summed E-state index contributed by atoms with van der Waals surface area (Å²) >= 11 is 0. The average Bonchev–Trinajstić information content (AvgIpc) is 2.77. The van der Waals surface area contributed by atoms with Gasteiger partial charge in [-0.15, -0.1) is 0 Å². The Morgan fingerprint density at radius 2 is 1.47 bits per heavy atom. The first kappa shape index (κ1) is 23.0. The fourth-order valence-electron chi connectivity index (χ4n) is 6.27. The number of aliphatic hydroxyl groups excluding tert-OH is 1. The first-order valence-electron chi connectivity index (χ1n) is 10.2. The summed E-state index contributed by atoms with van der Waals surface area (Å²) in [7, 11) is 0. The minimum absolute atomic E-state index is 0.187. The highest BCUT2D eigenvalue weighted by Gasteiger charge is 2.84. The first-order chi connectivity index (χ1) is 13.6. The van der Waals surface area contributed by atoms with E-state index in [4.69, 9.17) is 18.9 Å². The van der Waals surface area contributed by atoms with Crippen LogP contribution < -0.4 is 0 Å². The van der Waals surface area contributed by atoms with Crippen LogP contribution in [0, 0.1) is 11.3 Å². The molecule has 2 aliphatic carbocycles. The molecule has 9 nitrogen and oxygen atoms in total. The van der Waals surface area contributed by atoms with Gasteiger partial charge in [0, 0.05) is 20.8 Å². The molecule has 170 valence electrons. The molecule has 30 heavy (non-hydrogen) atoms. The van der Waals surface area contributed by atoms with Crippen LogP contribution in [0.4, 0.5) is 0 Å². The number of esters is 3. The molecule has 0 aromatic carbocycles. The van der Waals surface area contributed by atoms with Crippen molar-refractivity contribution >= 4 is 17.9 Å². The molecule has 0 amide bonds. The van der Waals surface area contributed by atoms with Crippen LogP contribution in [0.15, 0.2) is 0 Å². The zero-order valence-electron chi connectivity index (χ0n) is 18.6. The van der Waals surface area contributed by atoms with Crippen LogP contribution in [-0.2, 0) is 33.3 Å². The summed E-state index contributed by atoms with van der Waals surface area (Å²) in [5.74, 6) is -2.53. The minimum atomic E-state index is -1.60. The fraction of sp³-hybridized carbons (Fsp3) is 0.857. The van der Waals surface area contributed by atoms with Gasteiger partial charge in [-0.1, -0.05) is 6.92 Å². The molecule has 3 fully saturated rings. The van der Waals surface area contributed by atoms with Gasteiger partial charge in [0.2, 0.25) is 0 Å². The van der Waals surface area contributed by atoms with Crippen molar-refractivity contribution in [2.45, 2.75) is 103 Å². The van der Waals surface area contributed by atoms with E-state index >= 15 is 0 Å². The number of aliphatic hydroxyl groups is 2. The van der Waals surface area contributed by atoms with Gasteiger partial charge in [0.25, 0.3) is 0 Å². The highest BCUT2D eigenvalue weighted by molar-refractivity contribution is 5.68. The van der Waals surface area contributed by atoms with Crippen molar-refractivity contribution in [3.05, 3.63) is 0 Å². The molecule has 8 atom stereocenters. The summed E-state index contributed by atoms with van der Waals surface area (Å²) in [4.78, 5) is 35.9. The van der Waals surface area contributed by atoms with E-state index in [1.807, 2.05) is 0 Å². The molecule has 3 aliphatic rings. The summed E-state index contributed by atoms with van der Waals surface area (Å²) in [6, 6.07) is 0. The van der Waals surface area contributed by atoms with Crippen molar-refractivity contribution < 1.29 is 43.5 Å². The van der Waals surface area contributed by atoms with Crippen LogP contribution in [0.3, 0.4) is 0 Å². The zero-order valence-corrected chi connectivity index (χ0v) is 18.6.